The van der Waals surface area contributed by atoms with Gasteiger partial charge in [0.25, 0.3) is 0 Å². The van der Waals surface area contributed by atoms with E-state index in [0.29, 0.717) is 5.02 Å². The Labute approximate surface area is 120 Å². The van der Waals surface area contributed by atoms with E-state index in [0.717, 1.165) is 27.8 Å². The van der Waals surface area contributed by atoms with Crippen LogP contribution in [0.25, 0.3) is 22.0 Å². The maximum absolute atomic E-state index is 11.3. The SMILES string of the molecule is COc1ccc(-c2cc3ccc(=O)[nH]c3cc2Cl)cc1. The van der Waals surface area contributed by atoms with Crippen molar-refractivity contribution in [3.63, 3.8) is 0 Å². The molecule has 100 valence electrons. The topological polar surface area (TPSA) is 42.1 Å². The molecule has 0 aliphatic rings. The van der Waals surface area contributed by atoms with Crippen LogP contribution in [0.15, 0.2) is 53.3 Å². The molecule has 4 heteroatoms. The maximum atomic E-state index is 11.3. The van der Waals surface area contributed by atoms with E-state index in [-0.39, 0.29) is 5.56 Å². The van der Waals surface area contributed by atoms with Crippen molar-refractivity contribution in [2.75, 3.05) is 7.11 Å². The second kappa shape index (κ2) is 5.02. The molecule has 0 bridgehead atoms. The largest absolute Gasteiger partial charge is 0.497 e. The lowest BCUT2D eigenvalue weighted by atomic mass is 10.0. The molecule has 3 aromatic rings. The first-order valence-corrected chi connectivity index (χ1v) is 6.52. The number of fused-ring (bicyclic) bond motifs is 1. The van der Waals surface area contributed by atoms with E-state index >= 15 is 0 Å². The van der Waals surface area contributed by atoms with Gasteiger partial charge in [0.1, 0.15) is 5.75 Å². The number of aromatic nitrogens is 1. The molecule has 0 saturated heterocycles. The Hall–Kier alpha value is -2.26. The van der Waals surface area contributed by atoms with Crippen molar-refractivity contribution in [2.24, 2.45) is 0 Å². The summed E-state index contributed by atoms with van der Waals surface area (Å²) < 4.78 is 5.15. The van der Waals surface area contributed by atoms with Crippen molar-refractivity contribution in [1.82, 2.24) is 4.98 Å². The van der Waals surface area contributed by atoms with Gasteiger partial charge in [-0.05, 0) is 41.3 Å². The van der Waals surface area contributed by atoms with Gasteiger partial charge in [0.15, 0.2) is 0 Å². The van der Waals surface area contributed by atoms with Crippen molar-refractivity contribution in [3.05, 3.63) is 63.9 Å². The fourth-order valence-corrected chi connectivity index (χ4v) is 2.44. The molecule has 0 atom stereocenters. The molecule has 0 amide bonds. The number of H-pyrrole nitrogens is 1. The van der Waals surface area contributed by atoms with Gasteiger partial charge in [0.05, 0.1) is 12.1 Å². The summed E-state index contributed by atoms with van der Waals surface area (Å²) in [4.78, 5) is 14.1. The zero-order chi connectivity index (χ0) is 14.1. The summed E-state index contributed by atoms with van der Waals surface area (Å²) in [6.07, 6.45) is 0. The second-order valence-electron chi connectivity index (χ2n) is 4.47. The zero-order valence-corrected chi connectivity index (χ0v) is 11.6. The fraction of sp³-hybridized carbons (Fsp3) is 0.0625. The molecule has 2 aromatic carbocycles. The highest BCUT2D eigenvalue weighted by Crippen LogP contribution is 2.32. The number of rotatable bonds is 2. The number of benzene rings is 2. The molecule has 1 N–H and O–H groups in total. The van der Waals surface area contributed by atoms with Crippen LogP contribution in [0.5, 0.6) is 5.75 Å². The van der Waals surface area contributed by atoms with Crippen LogP contribution in [0.1, 0.15) is 0 Å². The Balaban J connectivity index is 2.17. The number of methoxy groups -OCH3 is 1. The summed E-state index contributed by atoms with van der Waals surface area (Å²) in [7, 11) is 1.63. The van der Waals surface area contributed by atoms with Crippen molar-refractivity contribution < 1.29 is 4.74 Å². The molecule has 0 spiro atoms. The smallest absolute Gasteiger partial charge is 0.248 e. The van der Waals surface area contributed by atoms with Crippen LogP contribution in [0.2, 0.25) is 5.02 Å². The first kappa shape index (κ1) is 12.8. The predicted octanol–water partition coefficient (Wildman–Crippen LogP) is 3.86. The average Bonchev–Trinajstić information content (AvgIpc) is 2.46. The first-order valence-electron chi connectivity index (χ1n) is 6.14. The molecule has 0 saturated carbocycles. The minimum atomic E-state index is -0.134. The highest BCUT2D eigenvalue weighted by atomic mass is 35.5. The zero-order valence-electron chi connectivity index (χ0n) is 10.8. The van der Waals surface area contributed by atoms with E-state index in [1.165, 1.54) is 6.07 Å². The van der Waals surface area contributed by atoms with Gasteiger partial charge in [0, 0.05) is 17.1 Å². The number of nitrogens with one attached hydrogen (secondary N) is 1. The monoisotopic (exact) mass is 285 g/mol. The number of halogens is 1. The van der Waals surface area contributed by atoms with E-state index in [2.05, 4.69) is 4.98 Å². The molecular weight excluding hydrogens is 274 g/mol. The second-order valence-corrected chi connectivity index (χ2v) is 4.88. The summed E-state index contributed by atoms with van der Waals surface area (Å²) in [5, 5.41) is 1.55. The van der Waals surface area contributed by atoms with Crippen molar-refractivity contribution in [2.45, 2.75) is 0 Å². The van der Waals surface area contributed by atoms with Gasteiger partial charge in [-0.3, -0.25) is 4.79 Å². The Morgan fingerprint density at radius 3 is 2.50 bits per heavy atom. The standard InChI is InChI=1S/C16H12ClNO2/c1-20-12-5-2-10(3-6-12)13-8-11-4-7-16(19)18-15(11)9-14(13)17/h2-9H,1H3,(H,18,19). The summed E-state index contributed by atoms with van der Waals surface area (Å²) in [6.45, 7) is 0. The third-order valence-electron chi connectivity index (χ3n) is 3.21. The van der Waals surface area contributed by atoms with Crippen LogP contribution in [-0.4, -0.2) is 12.1 Å². The molecule has 3 rings (SSSR count). The van der Waals surface area contributed by atoms with Gasteiger partial charge in [0.2, 0.25) is 5.56 Å². The Kier molecular flexibility index (Phi) is 3.20. The summed E-state index contributed by atoms with van der Waals surface area (Å²) in [6, 6.07) is 14.7. The number of aromatic amines is 1. The highest BCUT2D eigenvalue weighted by molar-refractivity contribution is 6.34. The molecule has 0 radical (unpaired) electrons. The molecule has 0 aliphatic carbocycles. The molecule has 1 heterocycles. The molecule has 0 unspecified atom stereocenters. The van der Waals surface area contributed by atoms with E-state index < -0.39 is 0 Å². The van der Waals surface area contributed by atoms with Crippen LogP contribution >= 0.6 is 11.6 Å². The van der Waals surface area contributed by atoms with Crippen molar-refractivity contribution >= 4 is 22.5 Å². The van der Waals surface area contributed by atoms with E-state index in [9.17, 15) is 4.79 Å². The molecule has 20 heavy (non-hydrogen) atoms. The van der Waals surface area contributed by atoms with E-state index in [4.69, 9.17) is 16.3 Å². The molecule has 1 aromatic heterocycles. The van der Waals surface area contributed by atoms with Gasteiger partial charge < -0.3 is 9.72 Å². The van der Waals surface area contributed by atoms with Gasteiger partial charge in [-0.2, -0.15) is 0 Å². The summed E-state index contributed by atoms with van der Waals surface area (Å²) in [5.41, 5.74) is 2.53. The molecule has 0 fully saturated rings. The number of ether oxygens (including phenoxy) is 1. The van der Waals surface area contributed by atoms with Gasteiger partial charge in [-0.1, -0.05) is 23.7 Å². The lowest BCUT2D eigenvalue weighted by molar-refractivity contribution is 0.415. The average molecular weight is 286 g/mol. The molecular formula is C16H12ClNO2. The molecule has 0 aliphatic heterocycles. The summed E-state index contributed by atoms with van der Waals surface area (Å²) in [5.74, 6) is 0.801. The lowest BCUT2D eigenvalue weighted by Crippen LogP contribution is -2.02. The fourth-order valence-electron chi connectivity index (χ4n) is 2.17. The Morgan fingerprint density at radius 2 is 1.80 bits per heavy atom. The van der Waals surface area contributed by atoms with Crippen molar-refractivity contribution in [1.29, 1.82) is 0 Å². The minimum Gasteiger partial charge on any atom is -0.497 e. The van der Waals surface area contributed by atoms with Crippen molar-refractivity contribution in [3.8, 4) is 16.9 Å². The number of pyridine rings is 1. The minimum absolute atomic E-state index is 0.134. The van der Waals surface area contributed by atoms with Crippen LogP contribution in [0.3, 0.4) is 0 Å². The quantitative estimate of drug-likeness (QED) is 0.777. The molecule has 3 nitrogen and oxygen atoms in total. The van der Waals surface area contributed by atoms with Gasteiger partial charge in [-0.15, -0.1) is 0 Å². The van der Waals surface area contributed by atoms with Crippen LogP contribution in [0, 0.1) is 0 Å². The third kappa shape index (κ3) is 2.28. The first-order chi connectivity index (χ1) is 9.67. The maximum Gasteiger partial charge on any atom is 0.248 e. The summed E-state index contributed by atoms with van der Waals surface area (Å²) >= 11 is 6.31. The number of hydrogen-bond acceptors (Lipinski definition) is 2. The normalized spacial score (nSPS) is 10.7. The van der Waals surface area contributed by atoms with Crippen LogP contribution in [-0.2, 0) is 0 Å². The van der Waals surface area contributed by atoms with Gasteiger partial charge in [-0.25, -0.2) is 0 Å². The predicted molar refractivity (Wildman–Crippen MR) is 81.6 cm³/mol. The highest BCUT2D eigenvalue weighted by Gasteiger charge is 2.06. The number of hydrogen-bond donors (Lipinski definition) is 1. The van der Waals surface area contributed by atoms with Crippen LogP contribution < -0.4 is 10.3 Å². The van der Waals surface area contributed by atoms with Gasteiger partial charge >= 0.3 is 0 Å². The van der Waals surface area contributed by atoms with E-state index in [1.807, 2.05) is 30.3 Å². The van der Waals surface area contributed by atoms with E-state index in [1.54, 1.807) is 19.2 Å². The lowest BCUT2D eigenvalue weighted by Gasteiger charge is -2.08. The van der Waals surface area contributed by atoms with Crippen LogP contribution in [0.4, 0.5) is 0 Å². The Morgan fingerprint density at radius 1 is 1.05 bits per heavy atom. The Bertz CT molecular complexity index is 822. The third-order valence-corrected chi connectivity index (χ3v) is 3.53.